The molecule has 3 aromatic rings. The molecule has 1 aromatic carbocycles. The van der Waals surface area contributed by atoms with Crippen LogP contribution in [0.3, 0.4) is 0 Å². The third-order valence-electron chi connectivity index (χ3n) is 3.03. The summed E-state index contributed by atoms with van der Waals surface area (Å²) in [4.78, 5) is 15.2. The second kappa shape index (κ2) is 5.58. The summed E-state index contributed by atoms with van der Waals surface area (Å²) in [5.41, 5.74) is 3.51. The maximum Gasteiger partial charge on any atom is 0.221 e. The molecule has 5 heteroatoms. The van der Waals surface area contributed by atoms with E-state index in [0.29, 0.717) is 0 Å². The Morgan fingerprint density at radius 1 is 1.29 bits per heavy atom. The van der Waals surface area contributed by atoms with Crippen LogP contribution in [0.5, 0.6) is 0 Å². The van der Waals surface area contributed by atoms with E-state index in [4.69, 9.17) is 0 Å². The number of carbonyl (C=O) groups excluding carboxylic acids is 1. The highest BCUT2D eigenvalue weighted by Crippen LogP contribution is 2.22. The number of H-pyrrole nitrogens is 1. The number of amides is 1. The first-order chi connectivity index (χ1) is 10.2. The summed E-state index contributed by atoms with van der Waals surface area (Å²) >= 11 is 0. The van der Waals surface area contributed by atoms with E-state index >= 15 is 0 Å². The normalized spacial score (nSPS) is 11.1. The zero-order valence-corrected chi connectivity index (χ0v) is 11.5. The van der Waals surface area contributed by atoms with Crippen LogP contribution in [-0.2, 0) is 4.79 Å². The number of nitrogens with zero attached hydrogens (tertiary/aromatic N) is 2. The summed E-state index contributed by atoms with van der Waals surface area (Å²) in [7, 11) is 0. The highest BCUT2D eigenvalue weighted by molar-refractivity contribution is 5.95. The molecule has 0 atom stereocenters. The van der Waals surface area contributed by atoms with Crippen molar-refractivity contribution >= 4 is 34.6 Å². The van der Waals surface area contributed by atoms with Crippen LogP contribution in [-0.4, -0.2) is 21.1 Å². The fourth-order valence-corrected chi connectivity index (χ4v) is 2.09. The third kappa shape index (κ3) is 2.97. The Balaban J connectivity index is 1.95. The molecule has 0 unspecified atom stereocenters. The molecule has 2 N–H and O–H groups in total. The number of hydrogen-bond donors (Lipinski definition) is 2. The molecule has 0 bridgehead atoms. The monoisotopic (exact) mass is 278 g/mol. The van der Waals surface area contributed by atoms with Crippen LogP contribution in [0.25, 0.3) is 23.1 Å². The molecule has 0 saturated heterocycles. The van der Waals surface area contributed by atoms with Crippen LogP contribution < -0.4 is 5.32 Å². The number of hydrogen-bond acceptors (Lipinski definition) is 3. The maximum absolute atomic E-state index is 11.1. The standard InChI is InChI=1S/C16H14N4O/c1-11(21)18-13-5-7-16-14(9-13)15(19-20-16)6-4-12-3-2-8-17-10-12/h2-10H,1H3,(H,18,21)(H,19,20). The number of aromatic amines is 1. The number of aromatic nitrogens is 3. The first kappa shape index (κ1) is 13.1. The zero-order chi connectivity index (χ0) is 14.7. The molecule has 0 saturated carbocycles. The van der Waals surface area contributed by atoms with E-state index in [0.717, 1.165) is 27.8 Å². The average Bonchev–Trinajstić information content (AvgIpc) is 2.88. The number of pyridine rings is 1. The second-order valence-corrected chi connectivity index (χ2v) is 4.67. The maximum atomic E-state index is 11.1. The van der Waals surface area contributed by atoms with Gasteiger partial charge in [0.05, 0.1) is 11.2 Å². The Bertz CT molecular complexity index is 806. The van der Waals surface area contributed by atoms with Gasteiger partial charge in [0, 0.05) is 30.4 Å². The van der Waals surface area contributed by atoms with Crippen molar-refractivity contribution < 1.29 is 4.79 Å². The van der Waals surface area contributed by atoms with Crippen molar-refractivity contribution in [1.29, 1.82) is 0 Å². The van der Waals surface area contributed by atoms with Gasteiger partial charge in [0.15, 0.2) is 0 Å². The number of anilines is 1. The van der Waals surface area contributed by atoms with Crippen molar-refractivity contribution in [3.05, 3.63) is 54.0 Å². The van der Waals surface area contributed by atoms with E-state index in [1.54, 1.807) is 12.4 Å². The number of nitrogens with one attached hydrogen (secondary N) is 2. The van der Waals surface area contributed by atoms with Gasteiger partial charge >= 0.3 is 0 Å². The van der Waals surface area contributed by atoms with Crippen LogP contribution in [0.15, 0.2) is 42.7 Å². The van der Waals surface area contributed by atoms with Crippen LogP contribution in [0.4, 0.5) is 5.69 Å². The smallest absolute Gasteiger partial charge is 0.221 e. The van der Waals surface area contributed by atoms with Crippen LogP contribution in [0, 0.1) is 0 Å². The van der Waals surface area contributed by atoms with Crippen molar-refractivity contribution in [1.82, 2.24) is 15.2 Å². The molecule has 5 nitrogen and oxygen atoms in total. The highest BCUT2D eigenvalue weighted by atomic mass is 16.1. The number of rotatable bonds is 3. The molecule has 0 aliphatic carbocycles. The predicted octanol–water partition coefficient (Wildman–Crippen LogP) is 3.09. The summed E-state index contributed by atoms with van der Waals surface area (Å²) in [5, 5.41) is 11.0. The highest BCUT2D eigenvalue weighted by Gasteiger charge is 2.04. The molecule has 1 amide bonds. The minimum Gasteiger partial charge on any atom is -0.326 e. The lowest BCUT2D eigenvalue weighted by Crippen LogP contribution is -2.05. The molecular weight excluding hydrogens is 264 g/mol. The Hall–Kier alpha value is -2.95. The summed E-state index contributed by atoms with van der Waals surface area (Å²) in [6, 6.07) is 9.51. The van der Waals surface area contributed by atoms with Gasteiger partial charge in [-0.25, -0.2) is 0 Å². The van der Waals surface area contributed by atoms with Crippen LogP contribution >= 0.6 is 0 Å². The van der Waals surface area contributed by atoms with Crippen molar-refractivity contribution in [2.24, 2.45) is 0 Å². The molecule has 0 radical (unpaired) electrons. The SMILES string of the molecule is CC(=O)Nc1ccc2[nH]nc(C=Cc3cccnc3)c2c1. The Kier molecular flexibility index (Phi) is 3.47. The summed E-state index contributed by atoms with van der Waals surface area (Å²) in [6.45, 7) is 1.49. The van der Waals surface area contributed by atoms with Crippen LogP contribution in [0.1, 0.15) is 18.2 Å². The van der Waals surface area contributed by atoms with Gasteiger partial charge in [-0.05, 0) is 35.9 Å². The van der Waals surface area contributed by atoms with Gasteiger partial charge in [-0.1, -0.05) is 12.1 Å². The lowest BCUT2D eigenvalue weighted by molar-refractivity contribution is -0.114. The van der Waals surface area contributed by atoms with Gasteiger partial charge < -0.3 is 5.32 Å². The molecule has 0 spiro atoms. The molecule has 0 aliphatic rings. The van der Waals surface area contributed by atoms with Gasteiger partial charge in [0.2, 0.25) is 5.91 Å². The van der Waals surface area contributed by atoms with Crippen molar-refractivity contribution in [2.75, 3.05) is 5.32 Å². The van der Waals surface area contributed by atoms with Gasteiger partial charge in [-0.3, -0.25) is 14.9 Å². The molecule has 3 rings (SSSR count). The fourth-order valence-electron chi connectivity index (χ4n) is 2.09. The summed E-state index contributed by atoms with van der Waals surface area (Å²) in [6.07, 6.45) is 7.40. The number of fused-ring (bicyclic) bond motifs is 1. The molecule has 104 valence electrons. The molecular formula is C16H14N4O. The van der Waals surface area contributed by atoms with E-state index in [2.05, 4.69) is 20.5 Å². The molecule has 0 aliphatic heterocycles. The van der Waals surface area contributed by atoms with Gasteiger partial charge in [0.1, 0.15) is 0 Å². The second-order valence-electron chi connectivity index (χ2n) is 4.67. The number of carbonyl (C=O) groups is 1. The van der Waals surface area contributed by atoms with Crippen molar-refractivity contribution in [2.45, 2.75) is 6.92 Å². The summed E-state index contributed by atoms with van der Waals surface area (Å²) in [5.74, 6) is -0.0923. The quantitative estimate of drug-likeness (QED) is 0.773. The first-order valence-corrected chi connectivity index (χ1v) is 6.56. The molecule has 0 fully saturated rings. The number of benzene rings is 1. The Morgan fingerprint density at radius 2 is 2.19 bits per heavy atom. The molecule has 21 heavy (non-hydrogen) atoms. The Labute approximate surface area is 121 Å². The topological polar surface area (TPSA) is 70.7 Å². The van der Waals surface area contributed by atoms with E-state index in [1.165, 1.54) is 6.92 Å². The average molecular weight is 278 g/mol. The predicted molar refractivity (Wildman–Crippen MR) is 83.6 cm³/mol. The molecule has 2 heterocycles. The van der Waals surface area contributed by atoms with Crippen LogP contribution in [0.2, 0.25) is 0 Å². The van der Waals surface area contributed by atoms with E-state index in [9.17, 15) is 4.79 Å². The third-order valence-corrected chi connectivity index (χ3v) is 3.03. The van der Waals surface area contributed by atoms with Crippen molar-refractivity contribution in [3.8, 4) is 0 Å². The van der Waals surface area contributed by atoms with Gasteiger partial charge in [0.25, 0.3) is 0 Å². The van der Waals surface area contributed by atoms with E-state index < -0.39 is 0 Å². The minimum atomic E-state index is -0.0923. The zero-order valence-electron chi connectivity index (χ0n) is 11.5. The minimum absolute atomic E-state index is 0.0923. The fraction of sp³-hybridized carbons (Fsp3) is 0.0625. The van der Waals surface area contributed by atoms with E-state index in [-0.39, 0.29) is 5.91 Å². The first-order valence-electron chi connectivity index (χ1n) is 6.56. The Morgan fingerprint density at radius 3 is 2.95 bits per heavy atom. The van der Waals surface area contributed by atoms with Crippen molar-refractivity contribution in [3.63, 3.8) is 0 Å². The summed E-state index contributed by atoms with van der Waals surface area (Å²) < 4.78 is 0. The molecule has 2 aromatic heterocycles. The lowest BCUT2D eigenvalue weighted by Gasteiger charge is -2.01. The van der Waals surface area contributed by atoms with E-state index in [1.807, 2.05) is 42.5 Å². The van der Waals surface area contributed by atoms with Gasteiger partial charge in [-0.15, -0.1) is 0 Å². The largest absolute Gasteiger partial charge is 0.326 e. The van der Waals surface area contributed by atoms with Gasteiger partial charge in [-0.2, -0.15) is 5.10 Å². The lowest BCUT2D eigenvalue weighted by atomic mass is 10.1.